The second kappa shape index (κ2) is 8.30. The summed E-state index contributed by atoms with van der Waals surface area (Å²) in [6.07, 6.45) is 1.95. The van der Waals surface area contributed by atoms with Gasteiger partial charge in [-0.2, -0.15) is 0 Å². The van der Waals surface area contributed by atoms with Gasteiger partial charge in [-0.25, -0.2) is 0 Å². The Balaban J connectivity index is 1.97. The summed E-state index contributed by atoms with van der Waals surface area (Å²) in [7, 11) is 0. The Kier molecular flexibility index (Phi) is 5.43. The Hall–Kier alpha value is -3.07. The van der Waals surface area contributed by atoms with Gasteiger partial charge >= 0.3 is 0 Å². The summed E-state index contributed by atoms with van der Waals surface area (Å²) in [6, 6.07) is 32.0. The fourth-order valence-corrected chi connectivity index (χ4v) is 4.51. The number of piperidine rings is 1. The summed E-state index contributed by atoms with van der Waals surface area (Å²) in [5.74, 6) is 0. The van der Waals surface area contributed by atoms with Crippen molar-refractivity contribution in [3.8, 4) is 0 Å². The van der Waals surface area contributed by atoms with Crippen LogP contribution in [-0.2, 0) is 5.54 Å². The van der Waals surface area contributed by atoms with E-state index in [1.165, 1.54) is 16.7 Å². The summed E-state index contributed by atoms with van der Waals surface area (Å²) < 4.78 is 0. The lowest BCUT2D eigenvalue weighted by Gasteiger charge is -2.48. The summed E-state index contributed by atoms with van der Waals surface area (Å²) in [6.45, 7) is 1.69. The van der Waals surface area contributed by atoms with Crippen molar-refractivity contribution >= 4 is 0 Å². The molecule has 1 atom stereocenters. The average Bonchev–Trinajstić information content (AvgIpc) is 2.77. The molecule has 4 heteroatoms. The summed E-state index contributed by atoms with van der Waals surface area (Å²) in [5, 5.41) is 4.07. The lowest BCUT2D eigenvalue weighted by molar-refractivity contribution is 0.116. The molecule has 1 aliphatic rings. The van der Waals surface area contributed by atoms with E-state index in [2.05, 4.69) is 106 Å². The number of nitrogens with zero attached hydrogens (tertiary/aromatic N) is 4. The first-order valence-electron chi connectivity index (χ1n) is 9.81. The van der Waals surface area contributed by atoms with Crippen LogP contribution >= 0.6 is 0 Å². The standard InChI is InChI=1S/C24H24N4/c25-27-26-23-17-10-18-28(19-23)24(20-11-4-1-5-12-20,21-13-6-2-7-14-21)22-15-8-3-9-16-22/h1-9,11-16,23H,10,17-19H2/t23-/m1/s1. The number of hydrogen-bond acceptors (Lipinski definition) is 2. The topological polar surface area (TPSA) is 52.0 Å². The highest BCUT2D eigenvalue weighted by atomic mass is 15.3. The predicted octanol–water partition coefficient (Wildman–Crippen LogP) is 5.75. The molecule has 1 heterocycles. The number of benzene rings is 3. The number of hydrogen-bond donors (Lipinski definition) is 0. The quantitative estimate of drug-likeness (QED) is 0.245. The van der Waals surface area contributed by atoms with E-state index in [1.807, 2.05) is 0 Å². The summed E-state index contributed by atoms with van der Waals surface area (Å²) >= 11 is 0. The van der Waals surface area contributed by atoms with Crippen LogP contribution in [0.3, 0.4) is 0 Å². The highest BCUT2D eigenvalue weighted by molar-refractivity contribution is 5.49. The van der Waals surface area contributed by atoms with E-state index in [0.717, 1.165) is 25.9 Å². The van der Waals surface area contributed by atoms with Crippen molar-refractivity contribution in [2.45, 2.75) is 24.4 Å². The van der Waals surface area contributed by atoms with Gasteiger partial charge < -0.3 is 0 Å². The van der Waals surface area contributed by atoms with Crippen LogP contribution in [0, 0.1) is 0 Å². The molecule has 3 aromatic rings. The highest BCUT2D eigenvalue weighted by Crippen LogP contribution is 2.43. The second-order valence-electron chi connectivity index (χ2n) is 7.26. The Morgan fingerprint density at radius 1 is 0.786 bits per heavy atom. The Morgan fingerprint density at radius 2 is 1.25 bits per heavy atom. The Morgan fingerprint density at radius 3 is 1.68 bits per heavy atom. The molecule has 0 unspecified atom stereocenters. The molecular formula is C24H24N4. The fraction of sp³-hybridized carbons (Fsp3) is 0.250. The molecule has 0 saturated carbocycles. The van der Waals surface area contributed by atoms with E-state index in [-0.39, 0.29) is 6.04 Å². The third-order valence-electron chi connectivity index (χ3n) is 5.66. The maximum Gasteiger partial charge on any atom is 0.0973 e. The van der Waals surface area contributed by atoms with E-state index in [4.69, 9.17) is 5.53 Å². The average molecular weight is 368 g/mol. The van der Waals surface area contributed by atoms with Crippen molar-refractivity contribution < 1.29 is 0 Å². The molecule has 4 nitrogen and oxygen atoms in total. The molecule has 1 saturated heterocycles. The van der Waals surface area contributed by atoms with Crippen molar-refractivity contribution in [1.82, 2.24) is 4.90 Å². The monoisotopic (exact) mass is 368 g/mol. The molecular weight excluding hydrogens is 344 g/mol. The van der Waals surface area contributed by atoms with E-state index < -0.39 is 5.54 Å². The SMILES string of the molecule is [N-]=[N+]=N[C@@H]1CCCN(C(c2ccccc2)(c2ccccc2)c2ccccc2)C1. The molecule has 0 bridgehead atoms. The smallest absolute Gasteiger partial charge is 0.0973 e. The first-order chi connectivity index (χ1) is 13.9. The lowest BCUT2D eigenvalue weighted by Crippen LogP contribution is -2.53. The van der Waals surface area contributed by atoms with E-state index in [9.17, 15) is 0 Å². The fourth-order valence-electron chi connectivity index (χ4n) is 4.51. The summed E-state index contributed by atoms with van der Waals surface area (Å²) in [5.41, 5.74) is 12.3. The minimum absolute atomic E-state index is 0.00531. The van der Waals surface area contributed by atoms with Crippen LogP contribution in [-0.4, -0.2) is 24.0 Å². The maximum atomic E-state index is 9.00. The van der Waals surface area contributed by atoms with E-state index in [0.29, 0.717) is 0 Å². The molecule has 0 radical (unpaired) electrons. The molecule has 1 aliphatic heterocycles. The predicted molar refractivity (Wildman–Crippen MR) is 113 cm³/mol. The molecule has 1 fully saturated rings. The van der Waals surface area contributed by atoms with Crippen LogP contribution in [0.2, 0.25) is 0 Å². The van der Waals surface area contributed by atoms with E-state index in [1.54, 1.807) is 0 Å². The van der Waals surface area contributed by atoms with Crippen molar-refractivity contribution in [3.63, 3.8) is 0 Å². The van der Waals surface area contributed by atoms with Gasteiger partial charge in [0.15, 0.2) is 0 Å². The maximum absolute atomic E-state index is 9.00. The minimum atomic E-state index is -0.423. The largest absolute Gasteiger partial charge is 0.286 e. The molecule has 0 amide bonds. The third-order valence-corrected chi connectivity index (χ3v) is 5.66. The molecule has 0 spiro atoms. The first-order valence-corrected chi connectivity index (χ1v) is 9.81. The zero-order valence-corrected chi connectivity index (χ0v) is 15.9. The van der Waals surface area contributed by atoms with Crippen LogP contribution in [0.25, 0.3) is 10.4 Å². The van der Waals surface area contributed by atoms with Crippen molar-refractivity contribution in [1.29, 1.82) is 0 Å². The van der Waals surface area contributed by atoms with Gasteiger partial charge in [0.05, 0.1) is 11.6 Å². The Labute approximate surface area is 166 Å². The van der Waals surface area contributed by atoms with Gasteiger partial charge in [-0.3, -0.25) is 4.90 Å². The number of azide groups is 1. The molecule has 28 heavy (non-hydrogen) atoms. The molecule has 0 aromatic heterocycles. The van der Waals surface area contributed by atoms with Gasteiger partial charge in [0.1, 0.15) is 0 Å². The van der Waals surface area contributed by atoms with Crippen LogP contribution in [0.4, 0.5) is 0 Å². The van der Waals surface area contributed by atoms with Gasteiger partial charge in [0.25, 0.3) is 0 Å². The molecule has 0 N–H and O–H groups in total. The molecule has 0 aliphatic carbocycles. The zero-order chi connectivity index (χ0) is 19.2. The number of rotatable bonds is 5. The first kappa shape index (κ1) is 18.3. The van der Waals surface area contributed by atoms with Crippen LogP contribution < -0.4 is 0 Å². The number of likely N-dealkylation sites (tertiary alicyclic amines) is 1. The van der Waals surface area contributed by atoms with Crippen molar-refractivity contribution in [2.24, 2.45) is 5.11 Å². The second-order valence-corrected chi connectivity index (χ2v) is 7.26. The minimum Gasteiger partial charge on any atom is -0.286 e. The molecule has 4 rings (SSSR count). The molecule has 3 aromatic carbocycles. The van der Waals surface area contributed by atoms with Gasteiger partial charge in [0, 0.05) is 11.5 Å². The van der Waals surface area contributed by atoms with E-state index >= 15 is 0 Å². The van der Waals surface area contributed by atoms with Crippen molar-refractivity contribution in [3.05, 3.63) is 118 Å². The van der Waals surface area contributed by atoms with Crippen molar-refractivity contribution in [2.75, 3.05) is 13.1 Å². The molecule has 140 valence electrons. The summed E-state index contributed by atoms with van der Waals surface area (Å²) in [4.78, 5) is 5.59. The highest BCUT2D eigenvalue weighted by Gasteiger charge is 2.43. The van der Waals surface area contributed by atoms with Gasteiger partial charge in [-0.15, -0.1) is 0 Å². The van der Waals surface area contributed by atoms with Gasteiger partial charge in [-0.05, 0) is 41.6 Å². The van der Waals surface area contributed by atoms with Crippen LogP contribution in [0.1, 0.15) is 29.5 Å². The van der Waals surface area contributed by atoms with Gasteiger partial charge in [-0.1, -0.05) is 96.1 Å². The lowest BCUT2D eigenvalue weighted by atomic mass is 9.74. The third kappa shape index (κ3) is 3.29. The zero-order valence-electron chi connectivity index (χ0n) is 15.9. The van der Waals surface area contributed by atoms with Crippen LogP contribution in [0.5, 0.6) is 0 Å². The Bertz CT molecular complexity index is 837. The van der Waals surface area contributed by atoms with Gasteiger partial charge in [0.2, 0.25) is 0 Å². The van der Waals surface area contributed by atoms with Crippen LogP contribution in [0.15, 0.2) is 96.1 Å². The normalized spacial score (nSPS) is 17.6.